The fourth-order valence-corrected chi connectivity index (χ4v) is 4.18. The maximum atomic E-state index is 14.2. The molecule has 2 heterocycles. The fraction of sp³-hybridized carbons (Fsp3) is 0.500. The number of piperidine rings is 1. The van der Waals surface area contributed by atoms with E-state index in [9.17, 15) is 14.0 Å². The maximum Gasteiger partial charge on any atom is 0.410 e. The van der Waals surface area contributed by atoms with Crippen molar-refractivity contribution in [3.8, 4) is 5.88 Å². The predicted octanol–water partition coefficient (Wildman–Crippen LogP) is 5.78. The number of aromatic nitrogens is 1. The number of amides is 1. The molecule has 2 atom stereocenters. The number of carboxylic acid groups (broad SMARTS) is 1. The van der Waals surface area contributed by atoms with Crippen LogP contribution in [0.3, 0.4) is 0 Å². The lowest BCUT2D eigenvalue weighted by atomic mass is 9.86. The van der Waals surface area contributed by atoms with Gasteiger partial charge in [-0.25, -0.2) is 19.0 Å². The first-order chi connectivity index (χ1) is 16.1. The van der Waals surface area contributed by atoms with Crippen LogP contribution in [0.5, 0.6) is 5.88 Å². The zero-order valence-electron chi connectivity index (χ0n) is 20.2. The van der Waals surface area contributed by atoms with E-state index in [1.807, 2.05) is 37.8 Å². The molecular weight excluding hydrogens is 439 g/mol. The molecule has 0 bridgehead atoms. The van der Waals surface area contributed by atoms with Gasteiger partial charge in [0.2, 0.25) is 5.88 Å². The molecule has 8 heteroatoms. The van der Waals surface area contributed by atoms with E-state index < -0.39 is 17.4 Å². The summed E-state index contributed by atoms with van der Waals surface area (Å²) >= 11 is 0. The third-order valence-electron chi connectivity index (χ3n) is 5.80. The third-order valence-corrected chi connectivity index (χ3v) is 5.80. The molecule has 2 aromatic rings. The van der Waals surface area contributed by atoms with Crippen molar-refractivity contribution in [2.45, 2.75) is 77.5 Å². The summed E-state index contributed by atoms with van der Waals surface area (Å²) in [6.45, 7) is 8.25. The van der Waals surface area contributed by atoms with Gasteiger partial charge < -0.3 is 19.5 Å². The Hall–Kier alpha value is -3.16. The van der Waals surface area contributed by atoms with E-state index in [-0.39, 0.29) is 35.8 Å². The second kappa shape index (κ2) is 10.8. The first-order valence-electron chi connectivity index (χ1n) is 11.7. The summed E-state index contributed by atoms with van der Waals surface area (Å²) in [6, 6.07) is 9.34. The standard InChI is InChI=1S/C26H33FN2O5/c1-5-7-20-14-17(12-13-29(20)25(32)34-26(2,3)4)22-8-6-9-23(28-22)33-16-19-11-10-18(24(30)31)15-21(19)27/h6,8-11,15,17,20H,5,7,12-14,16H2,1-4H3,(H,30,31). The van der Waals surface area contributed by atoms with Crippen LogP contribution in [0, 0.1) is 5.82 Å². The molecule has 1 aliphatic heterocycles. The number of hydrogen-bond acceptors (Lipinski definition) is 5. The van der Waals surface area contributed by atoms with Crippen molar-refractivity contribution in [2.75, 3.05) is 6.54 Å². The number of rotatable bonds is 7. The summed E-state index contributed by atoms with van der Waals surface area (Å²) in [4.78, 5) is 30.2. The highest BCUT2D eigenvalue weighted by atomic mass is 19.1. The molecule has 1 aromatic heterocycles. The first kappa shape index (κ1) is 25.5. The van der Waals surface area contributed by atoms with Gasteiger partial charge in [0.25, 0.3) is 0 Å². The Morgan fingerprint density at radius 3 is 2.65 bits per heavy atom. The van der Waals surface area contributed by atoms with Gasteiger partial charge in [0.15, 0.2) is 0 Å². The van der Waals surface area contributed by atoms with Crippen molar-refractivity contribution in [3.63, 3.8) is 0 Å². The minimum atomic E-state index is -1.18. The monoisotopic (exact) mass is 472 g/mol. The molecule has 184 valence electrons. The Morgan fingerprint density at radius 2 is 2.00 bits per heavy atom. The molecule has 7 nitrogen and oxygen atoms in total. The van der Waals surface area contributed by atoms with Gasteiger partial charge in [0.1, 0.15) is 18.0 Å². The van der Waals surface area contributed by atoms with Crippen LogP contribution in [-0.4, -0.2) is 45.2 Å². The number of carboxylic acids is 1. The lowest BCUT2D eigenvalue weighted by Gasteiger charge is -2.40. The van der Waals surface area contributed by atoms with Crippen LogP contribution >= 0.6 is 0 Å². The van der Waals surface area contributed by atoms with Crippen LogP contribution < -0.4 is 4.74 Å². The second-order valence-corrected chi connectivity index (χ2v) is 9.64. The largest absolute Gasteiger partial charge is 0.478 e. The summed E-state index contributed by atoms with van der Waals surface area (Å²) in [5.41, 5.74) is 0.487. The highest BCUT2D eigenvalue weighted by Crippen LogP contribution is 2.34. The van der Waals surface area contributed by atoms with E-state index in [0.29, 0.717) is 12.4 Å². The molecule has 1 aliphatic rings. The average Bonchev–Trinajstić information content (AvgIpc) is 2.77. The minimum absolute atomic E-state index is 0.0578. The molecule has 3 rings (SSSR count). The highest BCUT2D eigenvalue weighted by molar-refractivity contribution is 5.87. The van der Waals surface area contributed by atoms with Crippen LogP contribution in [0.25, 0.3) is 0 Å². The summed E-state index contributed by atoms with van der Waals surface area (Å²) < 4.78 is 25.5. The van der Waals surface area contributed by atoms with Crippen LogP contribution in [0.1, 0.15) is 80.9 Å². The molecule has 1 N–H and O–H groups in total. The molecule has 1 aromatic carbocycles. The van der Waals surface area contributed by atoms with E-state index in [0.717, 1.165) is 37.4 Å². The van der Waals surface area contributed by atoms with Crippen molar-refractivity contribution < 1.29 is 28.6 Å². The number of carbonyl (C=O) groups is 2. The smallest absolute Gasteiger partial charge is 0.410 e. The molecule has 34 heavy (non-hydrogen) atoms. The zero-order chi connectivity index (χ0) is 24.9. The molecule has 1 saturated heterocycles. The molecule has 1 fully saturated rings. The third kappa shape index (κ3) is 6.68. The summed E-state index contributed by atoms with van der Waals surface area (Å²) in [7, 11) is 0. The van der Waals surface area contributed by atoms with Crippen molar-refractivity contribution in [1.82, 2.24) is 9.88 Å². The molecule has 0 aliphatic carbocycles. The number of likely N-dealkylation sites (tertiary alicyclic amines) is 1. The molecule has 0 saturated carbocycles. The lowest BCUT2D eigenvalue weighted by molar-refractivity contribution is 0.00671. The van der Waals surface area contributed by atoms with Gasteiger partial charge in [-0.15, -0.1) is 0 Å². The topological polar surface area (TPSA) is 89.0 Å². The lowest BCUT2D eigenvalue weighted by Crippen LogP contribution is -2.47. The van der Waals surface area contributed by atoms with E-state index >= 15 is 0 Å². The van der Waals surface area contributed by atoms with Crippen molar-refractivity contribution in [3.05, 3.63) is 59.0 Å². The number of ether oxygens (including phenoxy) is 2. The predicted molar refractivity (Wildman–Crippen MR) is 126 cm³/mol. The van der Waals surface area contributed by atoms with E-state index in [1.54, 1.807) is 6.07 Å². The number of halogens is 1. The number of benzene rings is 1. The van der Waals surface area contributed by atoms with Gasteiger partial charge in [0, 0.05) is 35.8 Å². The maximum absolute atomic E-state index is 14.2. The minimum Gasteiger partial charge on any atom is -0.478 e. The van der Waals surface area contributed by atoms with Gasteiger partial charge in [-0.2, -0.15) is 0 Å². The van der Waals surface area contributed by atoms with Gasteiger partial charge in [-0.1, -0.05) is 25.5 Å². The number of aromatic carboxylic acids is 1. The Bertz CT molecular complexity index is 1020. The Morgan fingerprint density at radius 1 is 1.24 bits per heavy atom. The SMILES string of the molecule is CCCC1CC(c2cccc(OCc3ccc(C(=O)O)cc3F)n2)CCN1C(=O)OC(C)(C)C. The molecular formula is C26H33FN2O5. The average molecular weight is 473 g/mol. The van der Waals surface area contributed by atoms with E-state index in [4.69, 9.17) is 14.6 Å². The van der Waals surface area contributed by atoms with Gasteiger partial charge >= 0.3 is 12.1 Å². The number of carbonyl (C=O) groups excluding carboxylic acids is 1. The molecule has 0 spiro atoms. The van der Waals surface area contributed by atoms with E-state index in [1.165, 1.54) is 12.1 Å². The van der Waals surface area contributed by atoms with Crippen LogP contribution in [0.15, 0.2) is 36.4 Å². The summed E-state index contributed by atoms with van der Waals surface area (Å²) in [6.07, 6.45) is 3.12. The second-order valence-electron chi connectivity index (χ2n) is 9.64. The fourth-order valence-electron chi connectivity index (χ4n) is 4.18. The quantitative estimate of drug-likeness (QED) is 0.549. The van der Waals surface area contributed by atoms with Crippen LogP contribution in [0.2, 0.25) is 0 Å². The molecule has 0 radical (unpaired) electrons. The normalized spacial score (nSPS) is 18.4. The first-order valence-corrected chi connectivity index (χ1v) is 11.7. The van der Waals surface area contributed by atoms with Gasteiger partial charge in [0.05, 0.1) is 5.56 Å². The zero-order valence-corrected chi connectivity index (χ0v) is 20.2. The van der Waals surface area contributed by atoms with Crippen LogP contribution in [-0.2, 0) is 11.3 Å². The van der Waals surface area contributed by atoms with Crippen molar-refractivity contribution in [1.29, 1.82) is 0 Å². The number of nitrogens with zero attached hydrogens (tertiary/aromatic N) is 2. The summed E-state index contributed by atoms with van der Waals surface area (Å²) in [5, 5.41) is 8.97. The number of pyridine rings is 1. The molecule has 1 amide bonds. The summed E-state index contributed by atoms with van der Waals surface area (Å²) in [5.74, 6) is -1.26. The van der Waals surface area contributed by atoms with Gasteiger partial charge in [-0.05, 0) is 58.2 Å². The highest BCUT2D eigenvalue weighted by Gasteiger charge is 2.34. The van der Waals surface area contributed by atoms with E-state index in [2.05, 4.69) is 11.9 Å². The van der Waals surface area contributed by atoms with Crippen LogP contribution in [0.4, 0.5) is 9.18 Å². The van der Waals surface area contributed by atoms with Crippen molar-refractivity contribution in [2.24, 2.45) is 0 Å². The molecule has 2 unspecified atom stereocenters. The Balaban J connectivity index is 1.67. The van der Waals surface area contributed by atoms with Crippen molar-refractivity contribution >= 4 is 12.1 Å². The Kier molecular flexibility index (Phi) is 8.12. The Labute approximate surface area is 199 Å². The van der Waals surface area contributed by atoms with Gasteiger partial charge in [-0.3, -0.25) is 0 Å². The number of hydrogen-bond donors (Lipinski definition) is 1.